The van der Waals surface area contributed by atoms with Crippen molar-refractivity contribution in [1.82, 2.24) is 5.32 Å². The van der Waals surface area contributed by atoms with Crippen LogP contribution >= 0.6 is 0 Å². The van der Waals surface area contributed by atoms with Crippen molar-refractivity contribution in [1.29, 1.82) is 0 Å². The molecule has 84 valence electrons. The molecule has 1 aliphatic rings. The van der Waals surface area contributed by atoms with E-state index in [9.17, 15) is 9.59 Å². The lowest BCUT2D eigenvalue weighted by molar-refractivity contribution is -0.124. The van der Waals surface area contributed by atoms with Crippen molar-refractivity contribution < 1.29 is 9.59 Å². The smallest absolute Gasteiger partial charge is 0.235 e. The summed E-state index contributed by atoms with van der Waals surface area (Å²) in [4.78, 5) is 23.6. The molecular formula is C13H15NO2. The summed E-state index contributed by atoms with van der Waals surface area (Å²) in [6.45, 7) is 5.62. The number of hydrogen-bond donors (Lipinski definition) is 1. The molecule has 1 N–H and O–H groups in total. The third-order valence-corrected chi connectivity index (χ3v) is 3.08. The molecular weight excluding hydrogens is 202 g/mol. The minimum absolute atomic E-state index is 0.0290. The highest BCUT2D eigenvalue weighted by atomic mass is 16.2. The molecule has 1 aliphatic heterocycles. The Hall–Kier alpha value is -1.64. The van der Waals surface area contributed by atoms with Gasteiger partial charge in [0.25, 0.3) is 0 Å². The molecule has 1 saturated heterocycles. The lowest BCUT2D eigenvalue weighted by Gasteiger charge is -2.10. The van der Waals surface area contributed by atoms with Gasteiger partial charge in [-0.1, -0.05) is 23.8 Å². The van der Waals surface area contributed by atoms with E-state index < -0.39 is 5.92 Å². The van der Waals surface area contributed by atoms with Gasteiger partial charge in [-0.05, 0) is 31.9 Å². The Labute approximate surface area is 94.9 Å². The number of nitrogens with one attached hydrogen (secondary N) is 1. The Balaban J connectivity index is 2.48. The zero-order valence-corrected chi connectivity index (χ0v) is 9.70. The molecule has 1 aromatic carbocycles. The summed E-state index contributed by atoms with van der Waals surface area (Å²) in [6, 6.07) is 5.50. The monoisotopic (exact) mass is 217 g/mol. The van der Waals surface area contributed by atoms with Gasteiger partial charge in [0.2, 0.25) is 5.91 Å². The second-order valence-electron chi connectivity index (χ2n) is 4.43. The van der Waals surface area contributed by atoms with E-state index in [-0.39, 0.29) is 17.7 Å². The summed E-state index contributed by atoms with van der Waals surface area (Å²) in [5.41, 5.74) is 2.90. The van der Waals surface area contributed by atoms with Crippen LogP contribution in [0.15, 0.2) is 18.2 Å². The van der Waals surface area contributed by atoms with E-state index in [2.05, 4.69) is 5.32 Å². The zero-order valence-electron chi connectivity index (χ0n) is 9.70. The number of aryl methyl sites for hydroxylation is 2. The summed E-state index contributed by atoms with van der Waals surface area (Å²) in [6.07, 6.45) is 0. The van der Waals surface area contributed by atoms with Gasteiger partial charge >= 0.3 is 0 Å². The molecule has 2 rings (SSSR count). The predicted molar refractivity (Wildman–Crippen MR) is 61.3 cm³/mol. The minimum atomic E-state index is -0.616. The fourth-order valence-corrected chi connectivity index (χ4v) is 2.11. The van der Waals surface area contributed by atoms with Crippen molar-refractivity contribution in [3.05, 3.63) is 34.9 Å². The van der Waals surface area contributed by atoms with Crippen molar-refractivity contribution in [2.24, 2.45) is 0 Å². The molecule has 1 aromatic rings. The Morgan fingerprint density at radius 1 is 1.19 bits per heavy atom. The van der Waals surface area contributed by atoms with E-state index >= 15 is 0 Å². The van der Waals surface area contributed by atoms with Crippen LogP contribution in [0, 0.1) is 13.8 Å². The van der Waals surface area contributed by atoms with E-state index in [4.69, 9.17) is 0 Å². The molecule has 0 aromatic heterocycles. The first-order valence-corrected chi connectivity index (χ1v) is 5.42. The summed E-state index contributed by atoms with van der Waals surface area (Å²) in [5, 5.41) is 2.67. The van der Waals surface area contributed by atoms with Gasteiger partial charge in [-0.15, -0.1) is 0 Å². The third-order valence-electron chi connectivity index (χ3n) is 3.08. The van der Waals surface area contributed by atoms with Crippen molar-refractivity contribution in [2.45, 2.75) is 32.7 Å². The fourth-order valence-electron chi connectivity index (χ4n) is 2.11. The van der Waals surface area contributed by atoms with E-state index in [1.807, 2.05) is 32.0 Å². The molecule has 1 amide bonds. The van der Waals surface area contributed by atoms with Gasteiger partial charge in [-0.2, -0.15) is 0 Å². The molecule has 1 heterocycles. The average molecular weight is 217 g/mol. The van der Waals surface area contributed by atoms with E-state index in [0.29, 0.717) is 0 Å². The van der Waals surface area contributed by atoms with E-state index in [1.165, 1.54) is 0 Å². The van der Waals surface area contributed by atoms with Crippen LogP contribution in [0.3, 0.4) is 0 Å². The Morgan fingerprint density at radius 3 is 2.44 bits per heavy atom. The topological polar surface area (TPSA) is 46.2 Å². The highest BCUT2D eigenvalue weighted by molar-refractivity contribution is 6.14. The van der Waals surface area contributed by atoms with Gasteiger partial charge < -0.3 is 5.32 Å². The minimum Gasteiger partial charge on any atom is -0.346 e. The van der Waals surface area contributed by atoms with Crippen LogP contribution in [0.4, 0.5) is 0 Å². The Bertz CT molecular complexity index is 465. The number of carbonyl (C=O) groups is 2. The van der Waals surface area contributed by atoms with Crippen molar-refractivity contribution in [2.75, 3.05) is 0 Å². The zero-order chi connectivity index (χ0) is 11.9. The largest absolute Gasteiger partial charge is 0.346 e. The molecule has 0 aliphatic carbocycles. The van der Waals surface area contributed by atoms with Crippen LogP contribution in [0.2, 0.25) is 0 Å². The average Bonchev–Trinajstić information content (AvgIpc) is 2.46. The number of carbonyl (C=O) groups excluding carboxylic acids is 2. The molecule has 2 atom stereocenters. The molecule has 16 heavy (non-hydrogen) atoms. The third kappa shape index (κ3) is 1.62. The van der Waals surface area contributed by atoms with Crippen molar-refractivity contribution >= 4 is 11.7 Å². The second kappa shape index (κ2) is 3.74. The lowest BCUT2D eigenvalue weighted by atomic mass is 9.90. The fraction of sp³-hybridized carbons (Fsp3) is 0.385. The molecule has 3 heteroatoms. The molecule has 0 saturated carbocycles. The molecule has 1 fully saturated rings. The maximum atomic E-state index is 11.9. The van der Waals surface area contributed by atoms with Gasteiger partial charge in [-0.3, -0.25) is 9.59 Å². The van der Waals surface area contributed by atoms with Gasteiger partial charge in [0.15, 0.2) is 5.78 Å². The van der Waals surface area contributed by atoms with Crippen LogP contribution in [-0.2, 0) is 9.59 Å². The standard InChI is InChI=1S/C13H15NO2/c1-7-4-5-8(2)10(6-7)11-12(15)9(3)14-13(11)16/h4-6,9,11H,1-3H3,(H,14,16). The molecule has 2 unspecified atom stereocenters. The first-order chi connectivity index (χ1) is 7.50. The molecule has 3 nitrogen and oxygen atoms in total. The Kier molecular flexibility index (Phi) is 2.54. The highest BCUT2D eigenvalue weighted by Gasteiger charge is 2.39. The molecule has 0 radical (unpaired) electrons. The normalized spacial score (nSPS) is 24.7. The SMILES string of the molecule is Cc1ccc(C)c(C2C(=O)NC(C)C2=O)c1. The van der Waals surface area contributed by atoms with Crippen LogP contribution in [-0.4, -0.2) is 17.7 Å². The predicted octanol–water partition coefficient (Wildman–Crippen LogP) is 1.47. The van der Waals surface area contributed by atoms with Gasteiger partial charge in [0.05, 0.1) is 6.04 Å². The van der Waals surface area contributed by atoms with Crippen LogP contribution in [0.5, 0.6) is 0 Å². The Morgan fingerprint density at radius 2 is 1.88 bits per heavy atom. The van der Waals surface area contributed by atoms with Gasteiger partial charge in [0, 0.05) is 0 Å². The number of amides is 1. The summed E-state index contributed by atoms with van der Waals surface area (Å²) >= 11 is 0. The number of Topliss-reactive ketones (excluding diaryl/α,β-unsaturated/α-hetero) is 1. The number of hydrogen-bond acceptors (Lipinski definition) is 2. The highest BCUT2D eigenvalue weighted by Crippen LogP contribution is 2.27. The quantitative estimate of drug-likeness (QED) is 0.724. The number of rotatable bonds is 1. The van der Waals surface area contributed by atoms with Crippen LogP contribution in [0.1, 0.15) is 29.5 Å². The molecule has 0 spiro atoms. The first kappa shape index (κ1) is 10.9. The number of benzene rings is 1. The second-order valence-corrected chi connectivity index (χ2v) is 4.43. The molecule has 0 bridgehead atoms. The van der Waals surface area contributed by atoms with Crippen LogP contribution < -0.4 is 5.32 Å². The van der Waals surface area contributed by atoms with Crippen molar-refractivity contribution in [3.8, 4) is 0 Å². The maximum absolute atomic E-state index is 11.9. The summed E-state index contributed by atoms with van der Waals surface area (Å²) < 4.78 is 0. The van der Waals surface area contributed by atoms with Gasteiger partial charge in [0.1, 0.15) is 5.92 Å². The van der Waals surface area contributed by atoms with Crippen molar-refractivity contribution in [3.63, 3.8) is 0 Å². The van der Waals surface area contributed by atoms with E-state index in [0.717, 1.165) is 16.7 Å². The number of ketones is 1. The maximum Gasteiger partial charge on any atom is 0.235 e. The summed E-state index contributed by atoms with van der Waals surface area (Å²) in [5.74, 6) is -0.820. The first-order valence-electron chi connectivity index (χ1n) is 5.42. The van der Waals surface area contributed by atoms with Crippen LogP contribution in [0.25, 0.3) is 0 Å². The summed E-state index contributed by atoms with van der Waals surface area (Å²) in [7, 11) is 0. The van der Waals surface area contributed by atoms with E-state index in [1.54, 1.807) is 6.92 Å². The lowest BCUT2D eigenvalue weighted by Crippen LogP contribution is -2.25. The van der Waals surface area contributed by atoms with Gasteiger partial charge in [-0.25, -0.2) is 0 Å².